The minimum absolute atomic E-state index is 0.116. The molecule has 0 fully saturated rings. The number of nitrogens with zero attached hydrogens (tertiary/aromatic N) is 1. The van der Waals surface area contributed by atoms with Gasteiger partial charge in [0.25, 0.3) is 5.69 Å². The van der Waals surface area contributed by atoms with E-state index in [2.05, 4.69) is 0 Å². The molecule has 18 heavy (non-hydrogen) atoms. The second kappa shape index (κ2) is 6.12. The molecule has 0 N–H and O–H groups in total. The Labute approximate surface area is 107 Å². The Morgan fingerprint density at radius 3 is 2.50 bits per heavy atom. The first-order valence-corrected chi connectivity index (χ1v) is 7.16. The van der Waals surface area contributed by atoms with Gasteiger partial charge in [-0.3, -0.25) is 14.7 Å². The number of hydrogen-bond acceptors (Lipinski definition) is 4. The standard InChI is InChI=1S/C12H18NO4P/c1-5-17-18(16)12-7-10(8(2)3)9(4)6-11(12)13(14)15/h6-8,18H,5H2,1-4H3. The molecular formula is C12H18NO4P. The number of rotatable bonds is 5. The van der Waals surface area contributed by atoms with Crippen LogP contribution in [0.1, 0.15) is 37.8 Å². The van der Waals surface area contributed by atoms with Gasteiger partial charge in [-0.2, -0.15) is 0 Å². The maximum Gasteiger partial charge on any atom is 0.282 e. The second-order valence-electron chi connectivity index (χ2n) is 4.36. The van der Waals surface area contributed by atoms with Gasteiger partial charge in [0.05, 0.1) is 11.5 Å². The average molecular weight is 271 g/mol. The lowest BCUT2D eigenvalue weighted by molar-refractivity contribution is -0.383. The van der Waals surface area contributed by atoms with Crippen molar-refractivity contribution < 1.29 is 14.0 Å². The Hall–Kier alpha value is -1.19. The zero-order valence-corrected chi connectivity index (χ0v) is 12.0. The van der Waals surface area contributed by atoms with Crippen molar-refractivity contribution in [1.29, 1.82) is 0 Å². The van der Waals surface area contributed by atoms with E-state index in [1.54, 1.807) is 13.0 Å². The lowest BCUT2D eigenvalue weighted by Crippen LogP contribution is -2.10. The highest BCUT2D eigenvalue weighted by molar-refractivity contribution is 7.48. The Balaban J connectivity index is 3.40. The van der Waals surface area contributed by atoms with E-state index in [0.717, 1.165) is 11.1 Å². The van der Waals surface area contributed by atoms with Crippen LogP contribution < -0.4 is 5.30 Å². The van der Waals surface area contributed by atoms with Crippen LogP contribution in [0.25, 0.3) is 0 Å². The molecule has 1 aromatic carbocycles. The predicted molar refractivity (Wildman–Crippen MR) is 72.2 cm³/mol. The highest BCUT2D eigenvalue weighted by Crippen LogP contribution is 2.31. The molecule has 0 radical (unpaired) electrons. The zero-order valence-electron chi connectivity index (χ0n) is 11.0. The van der Waals surface area contributed by atoms with Gasteiger partial charge in [-0.15, -0.1) is 0 Å². The zero-order chi connectivity index (χ0) is 13.9. The van der Waals surface area contributed by atoms with Crippen LogP contribution in [-0.4, -0.2) is 11.5 Å². The summed E-state index contributed by atoms with van der Waals surface area (Å²) < 4.78 is 16.9. The molecule has 0 heterocycles. The summed E-state index contributed by atoms with van der Waals surface area (Å²) in [4.78, 5) is 10.5. The predicted octanol–water partition coefficient (Wildman–Crippen LogP) is 3.16. The Kier molecular flexibility index (Phi) is 5.05. The second-order valence-corrected chi connectivity index (χ2v) is 5.76. The van der Waals surface area contributed by atoms with Gasteiger partial charge in [0.2, 0.25) is 8.03 Å². The van der Waals surface area contributed by atoms with Crippen LogP contribution in [0, 0.1) is 17.0 Å². The van der Waals surface area contributed by atoms with E-state index >= 15 is 0 Å². The fourth-order valence-corrected chi connectivity index (χ4v) is 2.92. The van der Waals surface area contributed by atoms with E-state index in [0.29, 0.717) is 0 Å². The Morgan fingerprint density at radius 1 is 1.44 bits per heavy atom. The summed E-state index contributed by atoms with van der Waals surface area (Å²) in [5.41, 5.74) is 1.69. The van der Waals surface area contributed by atoms with E-state index in [4.69, 9.17) is 4.52 Å². The molecule has 0 spiro atoms. The summed E-state index contributed by atoms with van der Waals surface area (Å²) in [6, 6.07) is 3.13. The third kappa shape index (κ3) is 3.18. The Bertz CT molecular complexity index is 485. The molecule has 1 aromatic rings. The van der Waals surface area contributed by atoms with Gasteiger partial charge in [-0.05, 0) is 37.0 Å². The highest BCUT2D eigenvalue weighted by atomic mass is 31.1. The monoisotopic (exact) mass is 271 g/mol. The van der Waals surface area contributed by atoms with Crippen LogP contribution in [0.5, 0.6) is 0 Å². The number of nitro groups is 1. The molecule has 0 saturated carbocycles. The first-order chi connectivity index (χ1) is 8.38. The van der Waals surface area contributed by atoms with Crippen LogP contribution >= 0.6 is 8.03 Å². The quantitative estimate of drug-likeness (QED) is 0.468. The van der Waals surface area contributed by atoms with Gasteiger partial charge in [-0.25, -0.2) is 0 Å². The molecule has 6 heteroatoms. The lowest BCUT2D eigenvalue weighted by Gasteiger charge is -2.12. The molecule has 1 unspecified atom stereocenters. The van der Waals surface area contributed by atoms with E-state index in [1.165, 1.54) is 6.07 Å². The van der Waals surface area contributed by atoms with Crippen molar-refractivity contribution in [3.63, 3.8) is 0 Å². The van der Waals surface area contributed by atoms with Crippen LogP contribution in [0.4, 0.5) is 5.69 Å². The number of benzene rings is 1. The van der Waals surface area contributed by atoms with E-state index < -0.39 is 13.0 Å². The van der Waals surface area contributed by atoms with Crippen molar-refractivity contribution in [2.75, 3.05) is 6.61 Å². The van der Waals surface area contributed by atoms with Crippen LogP contribution in [0.3, 0.4) is 0 Å². The first kappa shape index (κ1) is 14.9. The van der Waals surface area contributed by atoms with Crippen molar-refractivity contribution in [2.45, 2.75) is 33.6 Å². The van der Waals surface area contributed by atoms with Gasteiger partial charge < -0.3 is 4.52 Å². The largest absolute Gasteiger partial charge is 0.327 e. The molecule has 0 saturated heterocycles. The summed E-state index contributed by atoms with van der Waals surface area (Å²) in [5, 5.41) is 11.2. The molecule has 0 amide bonds. The molecule has 0 aliphatic rings. The highest BCUT2D eigenvalue weighted by Gasteiger charge is 2.22. The van der Waals surface area contributed by atoms with Crippen molar-refractivity contribution in [2.24, 2.45) is 0 Å². The van der Waals surface area contributed by atoms with Gasteiger partial charge in [0, 0.05) is 6.07 Å². The van der Waals surface area contributed by atoms with Crippen LogP contribution in [0.2, 0.25) is 0 Å². The summed E-state index contributed by atoms with van der Waals surface area (Å²) in [5.74, 6) is 0.223. The summed E-state index contributed by atoms with van der Waals surface area (Å²) >= 11 is 0. The molecular weight excluding hydrogens is 253 g/mol. The molecule has 0 aromatic heterocycles. The molecule has 0 aliphatic carbocycles. The number of nitro benzene ring substituents is 1. The summed E-state index contributed by atoms with van der Waals surface area (Å²) in [6.45, 7) is 7.81. The Morgan fingerprint density at radius 2 is 2.06 bits per heavy atom. The third-order valence-corrected chi connectivity index (χ3v) is 4.09. The van der Waals surface area contributed by atoms with E-state index in [1.807, 2.05) is 20.8 Å². The van der Waals surface area contributed by atoms with Crippen LogP contribution in [0.15, 0.2) is 12.1 Å². The van der Waals surface area contributed by atoms with E-state index in [9.17, 15) is 14.7 Å². The fourth-order valence-electron chi connectivity index (χ4n) is 1.85. The minimum Gasteiger partial charge on any atom is -0.327 e. The maximum atomic E-state index is 11.9. The summed E-state index contributed by atoms with van der Waals surface area (Å²) in [7, 11) is -2.56. The SMILES string of the molecule is CCO[PH](=O)c1cc(C(C)C)c(C)cc1[N+](=O)[O-]. The minimum atomic E-state index is -2.56. The third-order valence-electron chi connectivity index (χ3n) is 2.70. The van der Waals surface area contributed by atoms with Crippen LogP contribution in [-0.2, 0) is 9.09 Å². The molecule has 1 rings (SSSR count). The van der Waals surface area contributed by atoms with Gasteiger partial charge in [-0.1, -0.05) is 13.8 Å². The molecule has 5 nitrogen and oxygen atoms in total. The van der Waals surface area contributed by atoms with E-state index in [-0.39, 0.29) is 23.5 Å². The van der Waals surface area contributed by atoms with Crippen molar-refractivity contribution in [3.05, 3.63) is 33.4 Å². The normalized spacial score (nSPS) is 12.7. The topological polar surface area (TPSA) is 69.4 Å². The molecule has 100 valence electrons. The summed E-state index contributed by atoms with van der Waals surface area (Å²) in [6.07, 6.45) is 0. The van der Waals surface area contributed by atoms with Gasteiger partial charge in [0.1, 0.15) is 5.30 Å². The van der Waals surface area contributed by atoms with Gasteiger partial charge >= 0.3 is 0 Å². The lowest BCUT2D eigenvalue weighted by atomic mass is 9.98. The van der Waals surface area contributed by atoms with Crippen molar-refractivity contribution in [1.82, 2.24) is 0 Å². The molecule has 0 aliphatic heterocycles. The first-order valence-electron chi connectivity index (χ1n) is 5.84. The molecule has 0 bridgehead atoms. The fraction of sp³-hybridized carbons (Fsp3) is 0.500. The smallest absolute Gasteiger partial charge is 0.282 e. The average Bonchev–Trinajstić information content (AvgIpc) is 2.28. The molecule has 1 atom stereocenters. The maximum absolute atomic E-state index is 11.9. The van der Waals surface area contributed by atoms with Crippen molar-refractivity contribution in [3.8, 4) is 0 Å². The number of aryl methyl sites for hydroxylation is 1. The van der Waals surface area contributed by atoms with Gasteiger partial charge in [0.15, 0.2) is 0 Å². The number of hydrogen-bond donors (Lipinski definition) is 0. The van der Waals surface area contributed by atoms with Crippen molar-refractivity contribution >= 4 is 19.0 Å².